The monoisotopic (exact) mass is 405 g/mol. The summed E-state index contributed by atoms with van der Waals surface area (Å²) < 4.78 is 11.3. The molecule has 0 radical (unpaired) electrons. The molecule has 1 saturated heterocycles. The van der Waals surface area contributed by atoms with Gasteiger partial charge in [0.05, 0.1) is 18.7 Å². The normalized spacial score (nSPS) is 17.0. The first-order valence-corrected chi connectivity index (χ1v) is 10.3. The SMILES string of the molecule is O=C(NC1CCCC1)N1CC(Oc2ccc(-c3noc(-c4cccnc4)n3)cc2)C1. The van der Waals surface area contributed by atoms with Gasteiger partial charge in [0.25, 0.3) is 5.89 Å². The maximum Gasteiger partial charge on any atom is 0.317 e. The zero-order chi connectivity index (χ0) is 20.3. The molecule has 5 rings (SSSR count). The predicted octanol–water partition coefficient (Wildman–Crippen LogP) is 3.51. The average molecular weight is 405 g/mol. The Morgan fingerprint density at radius 2 is 1.90 bits per heavy atom. The maximum atomic E-state index is 12.2. The van der Waals surface area contributed by atoms with E-state index in [1.54, 1.807) is 17.3 Å². The Bertz CT molecular complexity index is 993. The first-order chi connectivity index (χ1) is 14.7. The molecule has 2 amide bonds. The van der Waals surface area contributed by atoms with E-state index < -0.39 is 0 Å². The largest absolute Gasteiger partial charge is 0.487 e. The van der Waals surface area contributed by atoms with Gasteiger partial charge in [-0.05, 0) is 49.2 Å². The molecule has 1 aliphatic carbocycles. The number of hydrogen-bond acceptors (Lipinski definition) is 6. The second kappa shape index (κ2) is 8.14. The molecule has 8 nitrogen and oxygen atoms in total. The van der Waals surface area contributed by atoms with Crippen molar-refractivity contribution >= 4 is 6.03 Å². The summed E-state index contributed by atoms with van der Waals surface area (Å²) in [4.78, 5) is 22.5. The van der Waals surface area contributed by atoms with Crippen LogP contribution in [0.15, 0.2) is 53.3 Å². The van der Waals surface area contributed by atoms with Crippen LogP contribution in [0.4, 0.5) is 4.79 Å². The summed E-state index contributed by atoms with van der Waals surface area (Å²) in [6.07, 6.45) is 8.01. The number of likely N-dealkylation sites (tertiary alicyclic amines) is 1. The molecule has 1 N–H and O–H groups in total. The Labute approximate surface area is 174 Å². The summed E-state index contributed by atoms with van der Waals surface area (Å²) in [7, 11) is 0. The lowest BCUT2D eigenvalue weighted by Gasteiger charge is -2.39. The van der Waals surface area contributed by atoms with Crippen LogP contribution >= 0.6 is 0 Å². The van der Waals surface area contributed by atoms with Crippen molar-refractivity contribution in [1.29, 1.82) is 0 Å². The minimum Gasteiger partial charge on any atom is -0.487 e. The first-order valence-electron chi connectivity index (χ1n) is 10.3. The third kappa shape index (κ3) is 3.98. The number of rotatable bonds is 5. The highest BCUT2D eigenvalue weighted by Crippen LogP contribution is 2.25. The molecule has 0 unspecified atom stereocenters. The van der Waals surface area contributed by atoms with Crippen LogP contribution in [-0.2, 0) is 0 Å². The van der Waals surface area contributed by atoms with Gasteiger partial charge in [0.15, 0.2) is 0 Å². The van der Waals surface area contributed by atoms with Gasteiger partial charge in [-0.3, -0.25) is 4.98 Å². The van der Waals surface area contributed by atoms with Gasteiger partial charge < -0.3 is 19.5 Å². The fraction of sp³-hybridized carbons (Fsp3) is 0.364. The molecule has 0 bridgehead atoms. The van der Waals surface area contributed by atoms with Gasteiger partial charge in [-0.25, -0.2) is 4.79 Å². The molecule has 0 atom stereocenters. The zero-order valence-electron chi connectivity index (χ0n) is 16.5. The topological polar surface area (TPSA) is 93.4 Å². The first kappa shape index (κ1) is 18.6. The number of hydrogen-bond donors (Lipinski definition) is 1. The highest BCUT2D eigenvalue weighted by molar-refractivity contribution is 5.75. The molecule has 1 aromatic carbocycles. The van der Waals surface area contributed by atoms with E-state index in [1.807, 2.05) is 36.4 Å². The number of nitrogens with zero attached hydrogens (tertiary/aromatic N) is 4. The van der Waals surface area contributed by atoms with E-state index in [-0.39, 0.29) is 12.1 Å². The van der Waals surface area contributed by atoms with Crippen LogP contribution in [0.1, 0.15) is 25.7 Å². The Balaban J connectivity index is 1.14. The minimum absolute atomic E-state index is 0.0209. The standard InChI is InChI=1S/C22H23N5O3/c28-22(24-17-5-1-2-6-17)27-13-19(14-27)29-18-9-7-15(8-10-18)20-25-21(30-26-20)16-4-3-11-23-12-16/h3-4,7-12,17,19H,1-2,5-6,13-14H2,(H,24,28). The predicted molar refractivity (Wildman–Crippen MR) is 110 cm³/mol. The van der Waals surface area contributed by atoms with E-state index in [0.717, 1.165) is 29.7 Å². The van der Waals surface area contributed by atoms with Crippen LogP contribution in [0.2, 0.25) is 0 Å². The molecular weight excluding hydrogens is 382 g/mol. The second-order valence-corrected chi connectivity index (χ2v) is 7.76. The van der Waals surface area contributed by atoms with E-state index in [1.165, 1.54) is 12.8 Å². The van der Waals surface area contributed by atoms with Crippen molar-refractivity contribution in [3.63, 3.8) is 0 Å². The molecule has 2 fully saturated rings. The highest BCUT2D eigenvalue weighted by Gasteiger charge is 2.33. The van der Waals surface area contributed by atoms with Gasteiger partial charge in [0.1, 0.15) is 11.9 Å². The Kier molecular flexibility index (Phi) is 5.04. The molecule has 3 aromatic rings. The number of benzene rings is 1. The smallest absolute Gasteiger partial charge is 0.317 e. The highest BCUT2D eigenvalue weighted by atomic mass is 16.5. The maximum absolute atomic E-state index is 12.2. The van der Waals surface area contributed by atoms with Crippen LogP contribution in [0.25, 0.3) is 22.8 Å². The van der Waals surface area contributed by atoms with Crippen LogP contribution < -0.4 is 10.1 Å². The molecular formula is C22H23N5O3. The summed E-state index contributed by atoms with van der Waals surface area (Å²) in [6, 6.07) is 11.6. The van der Waals surface area contributed by atoms with Gasteiger partial charge in [-0.15, -0.1) is 0 Å². The molecule has 1 saturated carbocycles. The fourth-order valence-corrected chi connectivity index (χ4v) is 3.84. The van der Waals surface area contributed by atoms with Crippen LogP contribution in [0, 0.1) is 0 Å². The summed E-state index contributed by atoms with van der Waals surface area (Å²) >= 11 is 0. The van der Waals surface area contributed by atoms with Crippen molar-refractivity contribution in [2.24, 2.45) is 0 Å². The fourth-order valence-electron chi connectivity index (χ4n) is 3.84. The van der Waals surface area contributed by atoms with Crippen LogP contribution in [0.5, 0.6) is 5.75 Å². The van der Waals surface area contributed by atoms with Crippen molar-refractivity contribution in [2.75, 3.05) is 13.1 Å². The van der Waals surface area contributed by atoms with E-state index in [2.05, 4.69) is 20.4 Å². The van der Waals surface area contributed by atoms with Crippen molar-refractivity contribution in [3.05, 3.63) is 48.8 Å². The number of amides is 2. The van der Waals surface area contributed by atoms with Gasteiger partial charge in [0, 0.05) is 24.0 Å². The van der Waals surface area contributed by atoms with Crippen molar-refractivity contribution in [3.8, 4) is 28.6 Å². The average Bonchev–Trinajstić information content (AvgIpc) is 3.44. The Hall–Kier alpha value is -3.42. The molecule has 0 spiro atoms. The molecule has 2 aromatic heterocycles. The van der Waals surface area contributed by atoms with E-state index in [4.69, 9.17) is 9.26 Å². The van der Waals surface area contributed by atoms with Gasteiger partial charge in [-0.2, -0.15) is 4.98 Å². The van der Waals surface area contributed by atoms with Gasteiger partial charge in [0.2, 0.25) is 5.82 Å². The molecule has 2 aliphatic rings. The summed E-state index contributed by atoms with van der Waals surface area (Å²) in [5, 5.41) is 7.16. The lowest BCUT2D eigenvalue weighted by atomic mass is 10.1. The van der Waals surface area contributed by atoms with Gasteiger partial charge in [-0.1, -0.05) is 18.0 Å². The second-order valence-electron chi connectivity index (χ2n) is 7.76. The quantitative estimate of drug-likeness (QED) is 0.698. The van der Waals surface area contributed by atoms with E-state index >= 15 is 0 Å². The molecule has 30 heavy (non-hydrogen) atoms. The molecule has 154 valence electrons. The number of carbonyl (C=O) groups is 1. The number of nitrogens with one attached hydrogen (secondary N) is 1. The zero-order valence-corrected chi connectivity index (χ0v) is 16.5. The van der Waals surface area contributed by atoms with Crippen molar-refractivity contribution in [2.45, 2.75) is 37.8 Å². The summed E-state index contributed by atoms with van der Waals surface area (Å²) in [5.41, 5.74) is 1.62. The number of urea groups is 1. The molecule has 1 aliphatic heterocycles. The van der Waals surface area contributed by atoms with Gasteiger partial charge >= 0.3 is 6.03 Å². The molecule has 3 heterocycles. The minimum atomic E-state index is 0.0209. The van der Waals surface area contributed by atoms with Crippen LogP contribution in [-0.4, -0.2) is 51.3 Å². The molecule has 8 heteroatoms. The number of aromatic nitrogens is 3. The number of ether oxygens (including phenoxy) is 1. The third-order valence-corrected chi connectivity index (χ3v) is 5.57. The number of pyridine rings is 1. The van der Waals surface area contributed by atoms with Crippen molar-refractivity contribution in [1.82, 2.24) is 25.3 Å². The lowest BCUT2D eigenvalue weighted by Crippen LogP contribution is -2.59. The Morgan fingerprint density at radius 3 is 2.63 bits per heavy atom. The summed E-state index contributed by atoms with van der Waals surface area (Å²) in [5.74, 6) is 1.71. The third-order valence-electron chi connectivity index (χ3n) is 5.57. The summed E-state index contributed by atoms with van der Waals surface area (Å²) in [6.45, 7) is 1.22. The van der Waals surface area contributed by atoms with Crippen LogP contribution in [0.3, 0.4) is 0 Å². The van der Waals surface area contributed by atoms with Crippen molar-refractivity contribution < 1.29 is 14.1 Å². The van der Waals surface area contributed by atoms with E-state index in [0.29, 0.717) is 30.8 Å². The Morgan fingerprint density at radius 1 is 1.10 bits per heavy atom. The number of carbonyl (C=O) groups excluding carboxylic acids is 1. The van der Waals surface area contributed by atoms with E-state index in [9.17, 15) is 4.79 Å². The lowest BCUT2D eigenvalue weighted by molar-refractivity contribution is 0.0435.